The van der Waals surface area contributed by atoms with Gasteiger partial charge in [0.2, 0.25) is 0 Å². The Bertz CT molecular complexity index is 585. The van der Waals surface area contributed by atoms with Gasteiger partial charge in [0.05, 0.1) is 18.3 Å². The van der Waals surface area contributed by atoms with Gasteiger partial charge in [0.25, 0.3) is 11.8 Å². The fraction of sp³-hybridized carbons (Fsp3) is 0.438. The molecule has 0 aliphatic carbocycles. The Morgan fingerprint density at radius 3 is 2.36 bits per heavy atom. The Morgan fingerprint density at radius 2 is 1.77 bits per heavy atom. The second-order valence-electron chi connectivity index (χ2n) is 6.31. The lowest BCUT2D eigenvalue weighted by atomic mass is 10.1. The first-order valence-electron chi connectivity index (χ1n) is 7.12. The van der Waals surface area contributed by atoms with E-state index in [4.69, 9.17) is 5.26 Å². The minimum absolute atomic E-state index is 0.102. The van der Waals surface area contributed by atoms with Crippen LogP contribution in [0.5, 0.6) is 0 Å². The zero-order chi connectivity index (χ0) is 16.8. The van der Waals surface area contributed by atoms with E-state index >= 15 is 0 Å². The normalized spacial score (nSPS) is 12.1. The molecule has 0 radical (unpaired) electrons. The van der Waals surface area contributed by atoms with Crippen molar-refractivity contribution in [3.05, 3.63) is 29.8 Å². The first-order chi connectivity index (χ1) is 10.2. The molecule has 0 saturated carbocycles. The van der Waals surface area contributed by atoms with Gasteiger partial charge in [0, 0.05) is 5.54 Å². The molecule has 0 aliphatic rings. The molecule has 22 heavy (non-hydrogen) atoms. The highest BCUT2D eigenvalue weighted by Gasteiger charge is 2.19. The van der Waals surface area contributed by atoms with Crippen molar-refractivity contribution in [1.82, 2.24) is 5.32 Å². The summed E-state index contributed by atoms with van der Waals surface area (Å²) in [5.74, 6) is -0.334. The molecule has 1 aromatic carbocycles. The highest BCUT2D eigenvalue weighted by molar-refractivity contribution is 5.92. The Hall–Kier alpha value is -2.39. The third-order valence-electron chi connectivity index (χ3n) is 2.76. The van der Waals surface area contributed by atoms with Crippen LogP contribution in [-0.2, 0) is 9.59 Å². The number of benzene rings is 1. The fourth-order valence-electron chi connectivity index (χ4n) is 1.96. The van der Waals surface area contributed by atoms with E-state index in [1.165, 1.54) is 0 Å². The number of hydrogen-bond acceptors (Lipinski definition) is 3. The molecule has 0 heterocycles. The Labute approximate surface area is 131 Å². The molecule has 1 unspecified atom stereocenters. The molecule has 0 bridgehead atoms. The van der Waals surface area contributed by atoms with Crippen molar-refractivity contribution in [1.29, 1.82) is 5.26 Å². The van der Waals surface area contributed by atoms with E-state index in [-0.39, 0.29) is 30.4 Å². The second kappa shape index (κ2) is 7.57. The van der Waals surface area contributed by atoms with E-state index in [0.717, 1.165) is 4.90 Å². The van der Waals surface area contributed by atoms with Crippen LogP contribution in [0.3, 0.4) is 0 Å². The topological polar surface area (TPSA) is 86.4 Å². The van der Waals surface area contributed by atoms with Crippen LogP contribution in [-0.4, -0.2) is 37.5 Å². The zero-order valence-electron chi connectivity index (χ0n) is 13.5. The number of anilines is 1. The number of likely N-dealkylation sites (N-methyl/N-ethyl adjacent to an activating group) is 1. The van der Waals surface area contributed by atoms with Gasteiger partial charge in [-0.3, -0.25) is 9.59 Å². The molecule has 0 spiro atoms. The van der Waals surface area contributed by atoms with Gasteiger partial charge in [0.15, 0.2) is 13.1 Å². The van der Waals surface area contributed by atoms with Gasteiger partial charge in [-0.05, 0) is 32.9 Å². The predicted molar refractivity (Wildman–Crippen MR) is 84.3 cm³/mol. The van der Waals surface area contributed by atoms with E-state index in [1.807, 2.05) is 26.8 Å². The van der Waals surface area contributed by atoms with Crippen LogP contribution >= 0.6 is 0 Å². The molecule has 0 aliphatic heterocycles. The second-order valence-corrected chi connectivity index (χ2v) is 6.31. The molecule has 1 rings (SSSR count). The number of amides is 2. The molecule has 3 N–H and O–H groups in total. The minimum Gasteiger partial charge on any atom is -0.347 e. The van der Waals surface area contributed by atoms with Crippen LogP contribution in [0, 0.1) is 11.3 Å². The van der Waals surface area contributed by atoms with Crippen LogP contribution < -0.4 is 15.5 Å². The first kappa shape index (κ1) is 17.7. The van der Waals surface area contributed by atoms with Crippen LogP contribution in [0.25, 0.3) is 0 Å². The largest absolute Gasteiger partial charge is 0.347 e. The predicted octanol–water partition coefficient (Wildman–Crippen LogP) is -0.0738. The van der Waals surface area contributed by atoms with Gasteiger partial charge in [-0.15, -0.1) is 0 Å². The molecule has 0 fully saturated rings. The van der Waals surface area contributed by atoms with E-state index in [0.29, 0.717) is 11.3 Å². The van der Waals surface area contributed by atoms with Gasteiger partial charge in [-0.25, -0.2) is 0 Å². The molecule has 1 atom stereocenters. The van der Waals surface area contributed by atoms with Crippen molar-refractivity contribution in [2.75, 3.05) is 25.5 Å². The first-order valence-corrected chi connectivity index (χ1v) is 7.12. The van der Waals surface area contributed by atoms with E-state index < -0.39 is 0 Å². The number of nitrogens with one attached hydrogen (secondary N) is 3. The molecule has 6 nitrogen and oxygen atoms in total. The highest BCUT2D eigenvalue weighted by Crippen LogP contribution is 2.12. The van der Waals surface area contributed by atoms with Crippen molar-refractivity contribution >= 4 is 17.5 Å². The average Bonchev–Trinajstić information content (AvgIpc) is 2.36. The lowest BCUT2D eigenvalue weighted by Crippen LogP contribution is -3.11. The third kappa shape index (κ3) is 6.37. The number of rotatable bonds is 5. The van der Waals surface area contributed by atoms with Crippen molar-refractivity contribution in [2.45, 2.75) is 26.3 Å². The molecule has 0 saturated heterocycles. The van der Waals surface area contributed by atoms with E-state index in [1.54, 1.807) is 31.3 Å². The van der Waals surface area contributed by atoms with Crippen LogP contribution in [0.2, 0.25) is 0 Å². The van der Waals surface area contributed by atoms with Crippen LogP contribution in [0.1, 0.15) is 26.3 Å². The number of nitriles is 1. The maximum atomic E-state index is 12.0. The Balaban J connectivity index is 2.51. The monoisotopic (exact) mass is 303 g/mol. The molecule has 6 heteroatoms. The summed E-state index contributed by atoms with van der Waals surface area (Å²) < 4.78 is 0. The molecule has 0 aromatic heterocycles. The molecule has 118 valence electrons. The summed E-state index contributed by atoms with van der Waals surface area (Å²) in [6, 6.07) is 8.84. The summed E-state index contributed by atoms with van der Waals surface area (Å²) in [7, 11) is 1.78. The number of carbonyl (C=O) groups excluding carboxylic acids is 2. The molecular weight excluding hydrogens is 280 g/mol. The summed E-state index contributed by atoms with van der Waals surface area (Å²) in [4.78, 5) is 24.6. The number of carbonyl (C=O) groups is 2. The summed E-state index contributed by atoms with van der Waals surface area (Å²) in [6.45, 7) is 6.09. The smallest absolute Gasteiger partial charge is 0.279 e. The maximum Gasteiger partial charge on any atom is 0.279 e. The van der Waals surface area contributed by atoms with Gasteiger partial charge >= 0.3 is 0 Å². The standard InChI is InChI=1S/C16H22N4O2/c1-16(2,3)19-15(22)11-20(4)10-14(21)18-13-8-6-5-7-12(13)9-17/h5-8H,10-11H2,1-4H3,(H,18,21)(H,19,22)/p+1. The van der Waals surface area contributed by atoms with Gasteiger partial charge in [-0.1, -0.05) is 12.1 Å². The van der Waals surface area contributed by atoms with Gasteiger partial charge in [0.1, 0.15) is 6.07 Å². The van der Waals surface area contributed by atoms with Crippen molar-refractivity contribution in [2.24, 2.45) is 0 Å². The summed E-state index contributed by atoms with van der Waals surface area (Å²) in [6.07, 6.45) is 0. The fourth-order valence-corrected chi connectivity index (χ4v) is 1.96. The zero-order valence-corrected chi connectivity index (χ0v) is 13.5. The average molecular weight is 303 g/mol. The highest BCUT2D eigenvalue weighted by atomic mass is 16.2. The molecule has 1 aromatic rings. The van der Waals surface area contributed by atoms with E-state index in [2.05, 4.69) is 10.6 Å². The number of hydrogen-bond donors (Lipinski definition) is 3. The van der Waals surface area contributed by atoms with E-state index in [9.17, 15) is 9.59 Å². The molecule has 2 amide bonds. The summed E-state index contributed by atoms with van der Waals surface area (Å²) >= 11 is 0. The van der Waals surface area contributed by atoms with Crippen molar-refractivity contribution in [3.8, 4) is 6.07 Å². The number of nitrogens with zero attached hydrogens (tertiary/aromatic N) is 1. The lowest BCUT2D eigenvalue weighted by Gasteiger charge is -2.21. The number of para-hydroxylation sites is 1. The minimum atomic E-state index is -0.286. The molecular formula is C16H23N4O2+. The number of quaternary nitrogens is 1. The van der Waals surface area contributed by atoms with Crippen molar-refractivity contribution in [3.63, 3.8) is 0 Å². The quantitative estimate of drug-likeness (QED) is 0.711. The third-order valence-corrected chi connectivity index (χ3v) is 2.76. The van der Waals surface area contributed by atoms with Crippen molar-refractivity contribution < 1.29 is 14.5 Å². The summed E-state index contributed by atoms with van der Waals surface area (Å²) in [5.41, 5.74) is 0.617. The van der Waals surface area contributed by atoms with Crippen LogP contribution in [0.15, 0.2) is 24.3 Å². The van der Waals surface area contributed by atoms with Gasteiger partial charge < -0.3 is 15.5 Å². The maximum absolute atomic E-state index is 12.0. The lowest BCUT2D eigenvalue weighted by molar-refractivity contribution is -0.862. The summed E-state index contributed by atoms with van der Waals surface area (Å²) in [5, 5.41) is 14.5. The Kier molecular flexibility index (Phi) is 6.08. The van der Waals surface area contributed by atoms with Crippen LogP contribution in [0.4, 0.5) is 5.69 Å². The SMILES string of the molecule is C[NH+](CC(=O)Nc1ccccc1C#N)CC(=O)NC(C)(C)C. The van der Waals surface area contributed by atoms with Gasteiger partial charge in [-0.2, -0.15) is 5.26 Å². The Morgan fingerprint density at radius 1 is 1.18 bits per heavy atom.